The second-order valence-corrected chi connectivity index (χ2v) is 3.23. The van der Waals surface area contributed by atoms with Crippen LogP contribution >= 0.6 is 0 Å². The van der Waals surface area contributed by atoms with Crippen molar-refractivity contribution in [3.05, 3.63) is 24.0 Å². The van der Waals surface area contributed by atoms with Gasteiger partial charge in [0, 0.05) is 6.07 Å². The second-order valence-electron chi connectivity index (χ2n) is 3.23. The third kappa shape index (κ3) is 2.85. The zero-order valence-electron chi connectivity index (χ0n) is 9.41. The lowest BCUT2D eigenvalue weighted by atomic mass is 10.2. The lowest BCUT2D eigenvalue weighted by Crippen LogP contribution is -2.27. The number of rotatable bonds is 4. The molecule has 0 saturated heterocycles. The van der Waals surface area contributed by atoms with Crippen molar-refractivity contribution in [3.63, 3.8) is 0 Å². The molecule has 0 fully saturated rings. The Balaban J connectivity index is 2.78. The Morgan fingerprint density at radius 1 is 1.44 bits per heavy atom. The number of ether oxygens (including phenoxy) is 2. The first-order valence-electron chi connectivity index (χ1n) is 4.76. The van der Waals surface area contributed by atoms with Crippen LogP contribution < -0.4 is 10.1 Å². The van der Waals surface area contributed by atoms with E-state index < -0.39 is 17.8 Å². The van der Waals surface area contributed by atoms with Crippen molar-refractivity contribution in [2.45, 2.75) is 13.0 Å². The first-order valence-corrected chi connectivity index (χ1v) is 4.76. The first kappa shape index (κ1) is 12.3. The van der Waals surface area contributed by atoms with Gasteiger partial charge in [0.2, 0.25) is 0 Å². The van der Waals surface area contributed by atoms with E-state index in [1.807, 2.05) is 0 Å². The lowest BCUT2D eigenvalue weighted by molar-refractivity contribution is -0.141. The quantitative estimate of drug-likeness (QED) is 0.797. The van der Waals surface area contributed by atoms with E-state index in [2.05, 4.69) is 10.1 Å². The number of halogens is 1. The van der Waals surface area contributed by atoms with Gasteiger partial charge in [-0.15, -0.1) is 0 Å². The fraction of sp³-hybridized carbons (Fsp3) is 0.364. The van der Waals surface area contributed by atoms with E-state index in [1.54, 1.807) is 13.0 Å². The predicted molar refractivity (Wildman–Crippen MR) is 58.1 cm³/mol. The smallest absolute Gasteiger partial charge is 0.327 e. The standard InChI is InChI=1S/C11H14FNO3/c1-7(11(14)16-3)13-10-5-4-8(15-2)6-9(10)12/h4-7,13H,1-3H3. The molecule has 0 aromatic heterocycles. The Kier molecular flexibility index (Phi) is 4.10. The Morgan fingerprint density at radius 2 is 2.12 bits per heavy atom. The number of hydrogen-bond acceptors (Lipinski definition) is 4. The van der Waals surface area contributed by atoms with Crippen molar-refractivity contribution in [1.82, 2.24) is 0 Å². The highest BCUT2D eigenvalue weighted by Gasteiger charge is 2.14. The van der Waals surface area contributed by atoms with E-state index in [-0.39, 0.29) is 5.69 Å². The van der Waals surface area contributed by atoms with Crippen molar-refractivity contribution in [2.24, 2.45) is 0 Å². The number of anilines is 1. The van der Waals surface area contributed by atoms with Crippen LogP contribution in [0.1, 0.15) is 6.92 Å². The van der Waals surface area contributed by atoms with Gasteiger partial charge in [0.15, 0.2) is 0 Å². The maximum atomic E-state index is 13.5. The number of carbonyl (C=O) groups is 1. The molecule has 0 aliphatic rings. The van der Waals surface area contributed by atoms with Gasteiger partial charge in [0.1, 0.15) is 17.6 Å². The first-order chi connectivity index (χ1) is 7.58. The zero-order valence-corrected chi connectivity index (χ0v) is 9.41. The van der Waals surface area contributed by atoms with E-state index in [1.165, 1.54) is 26.4 Å². The van der Waals surface area contributed by atoms with E-state index in [4.69, 9.17) is 4.74 Å². The largest absolute Gasteiger partial charge is 0.497 e. The molecule has 0 saturated carbocycles. The topological polar surface area (TPSA) is 47.6 Å². The van der Waals surface area contributed by atoms with Crippen LogP contribution in [0.25, 0.3) is 0 Å². The summed E-state index contributed by atoms with van der Waals surface area (Å²) in [6.45, 7) is 1.59. The Morgan fingerprint density at radius 3 is 2.62 bits per heavy atom. The Labute approximate surface area is 93.4 Å². The number of esters is 1. The molecule has 0 aliphatic carbocycles. The van der Waals surface area contributed by atoms with Gasteiger partial charge in [0.05, 0.1) is 19.9 Å². The van der Waals surface area contributed by atoms with Crippen LogP contribution in [0.3, 0.4) is 0 Å². The minimum absolute atomic E-state index is 0.235. The molecule has 1 aromatic rings. The zero-order chi connectivity index (χ0) is 12.1. The Bertz CT molecular complexity index is 381. The molecule has 0 amide bonds. The molecule has 1 N–H and O–H groups in total. The van der Waals surface area contributed by atoms with Gasteiger partial charge in [-0.25, -0.2) is 9.18 Å². The van der Waals surface area contributed by atoms with Crippen LogP contribution in [-0.4, -0.2) is 26.2 Å². The summed E-state index contributed by atoms with van der Waals surface area (Å²) < 4.78 is 22.9. The highest BCUT2D eigenvalue weighted by molar-refractivity contribution is 5.78. The lowest BCUT2D eigenvalue weighted by Gasteiger charge is -2.13. The molecule has 5 heteroatoms. The van der Waals surface area contributed by atoms with E-state index >= 15 is 0 Å². The highest BCUT2D eigenvalue weighted by atomic mass is 19.1. The summed E-state index contributed by atoms with van der Waals surface area (Å²) in [7, 11) is 2.74. The van der Waals surface area contributed by atoms with E-state index in [9.17, 15) is 9.18 Å². The second kappa shape index (κ2) is 5.34. The fourth-order valence-electron chi connectivity index (χ4n) is 1.21. The molecule has 4 nitrogen and oxygen atoms in total. The molecule has 16 heavy (non-hydrogen) atoms. The summed E-state index contributed by atoms with van der Waals surface area (Å²) in [4.78, 5) is 11.1. The Hall–Kier alpha value is -1.78. The molecule has 0 aliphatic heterocycles. The van der Waals surface area contributed by atoms with Crippen molar-refractivity contribution < 1.29 is 18.7 Å². The maximum absolute atomic E-state index is 13.5. The van der Waals surface area contributed by atoms with Gasteiger partial charge < -0.3 is 14.8 Å². The van der Waals surface area contributed by atoms with Gasteiger partial charge in [-0.2, -0.15) is 0 Å². The summed E-state index contributed by atoms with van der Waals surface area (Å²) in [5.41, 5.74) is 0.235. The molecule has 1 unspecified atom stereocenters. The molecule has 1 aromatic carbocycles. The number of nitrogens with one attached hydrogen (secondary N) is 1. The SMILES string of the molecule is COC(=O)C(C)Nc1ccc(OC)cc1F. The fourth-order valence-corrected chi connectivity index (χ4v) is 1.21. The van der Waals surface area contributed by atoms with Crippen LogP contribution in [0.5, 0.6) is 5.75 Å². The summed E-state index contributed by atoms with van der Waals surface area (Å²) >= 11 is 0. The van der Waals surface area contributed by atoms with Crippen LogP contribution in [0, 0.1) is 5.82 Å². The number of hydrogen-bond donors (Lipinski definition) is 1. The molecule has 0 heterocycles. The summed E-state index contributed by atoms with van der Waals surface area (Å²) in [6.07, 6.45) is 0. The average Bonchev–Trinajstić information content (AvgIpc) is 2.30. The molecule has 0 spiro atoms. The maximum Gasteiger partial charge on any atom is 0.327 e. The summed E-state index contributed by atoms with van der Waals surface area (Å²) in [5, 5.41) is 2.71. The van der Waals surface area contributed by atoms with Gasteiger partial charge in [0.25, 0.3) is 0 Å². The highest BCUT2D eigenvalue weighted by Crippen LogP contribution is 2.20. The van der Waals surface area contributed by atoms with Gasteiger partial charge in [-0.05, 0) is 19.1 Å². The van der Waals surface area contributed by atoms with Crippen molar-refractivity contribution >= 4 is 11.7 Å². The molecule has 1 rings (SSSR count). The van der Waals surface area contributed by atoms with Crippen LogP contribution in [0.4, 0.5) is 10.1 Å². The minimum atomic E-state index is -0.604. The van der Waals surface area contributed by atoms with Crippen LogP contribution in [0.2, 0.25) is 0 Å². The van der Waals surface area contributed by atoms with Gasteiger partial charge in [-0.1, -0.05) is 0 Å². The van der Waals surface area contributed by atoms with Crippen LogP contribution in [-0.2, 0) is 9.53 Å². The summed E-state index contributed by atoms with van der Waals surface area (Å²) in [5.74, 6) is -0.501. The van der Waals surface area contributed by atoms with Crippen LogP contribution in [0.15, 0.2) is 18.2 Å². The average molecular weight is 227 g/mol. The molecular weight excluding hydrogens is 213 g/mol. The molecule has 1 atom stereocenters. The van der Waals surface area contributed by atoms with Gasteiger partial charge >= 0.3 is 5.97 Å². The van der Waals surface area contributed by atoms with Gasteiger partial charge in [-0.3, -0.25) is 0 Å². The van der Waals surface area contributed by atoms with E-state index in [0.717, 1.165) is 0 Å². The van der Waals surface area contributed by atoms with Crippen molar-refractivity contribution in [3.8, 4) is 5.75 Å². The van der Waals surface area contributed by atoms with E-state index in [0.29, 0.717) is 5.75 Å². The number of methoxy groups -OCH3 is 2. The third-order valence-corrected chi connectivity index (χ3v) is 2.10. The number of benzene rings is 1. The van der Waals surface area contributed by atoms with Crippen molar-refractivity contribution in [1.29, 1.82) is 0 Å². The predicted octanol–water partition coefficient (Wildman–Crippen LogP) is 1.81. The normalized spacial score (nSPS) is 11.8. The molecule has 0 radical (unpaired) electrons. The van der Waals surface area contributed by atoms with Crippen molar-refractivity contribution in [2.75, 3.05) is 19.5 Å². The molecular formula is C11H14FNO3. The molecule has 88 valence electrons. The minimum Gasteiger partial charge on any atom is -0.497 e. The number of carbonyl (C=O) groups excluding carboxylic acids is 1. The molecule has 0 bridgehead atoms. The monoisotopic (exact) mass is 227 g/mol. The third-order valence-electron chi connectivity index (χ3n) is 2.10. The summed E-state index contributed by atoms with van der Waals surface area (Å²) in [6, 6.07) is 3.75.